The van der Waals surface area contributed by atoms with Gasteiger partial charge >= 0.3 is 0 Å². The largest absolute Gasteiger partial charge is 0.341 e. The summed E-state index contributed by atoms with van der Waals surface area (Å²) in [6.45, 7) is 10.2. The normalized spacial score (nSPS) is 21.9. The molecule has 0 saturated carbocycles. The molecule has 1 aromatic heterocycles. The molecule has 0 radical (unpaired) electrons. The molecule has 2 aliphatic rings. The molecule has 6 nitrogen and oxygen atoms in total. The lowest BCUT2D eigenvalue weighted by Gasteiger charge is -2.46. The van der Waals surface area contributed by atoms with Crippen LogP contribution < -0.4 is 5.32 Å². The highest BCUT2D eigenvalue weighted by Gasteiger charge is 2.36. The summed E-state index contributed by atoms with van der Waals surface area (Å²) < 4.78 is 1.99. The quantitative estimate of drug-likeness (QED) is 0.547. The van der Waals surface area contributed by atoms with E-state index in [9.17, 15) is 4.79 Å². The number of halogens is 2. The smallest absolute Gasteiger partial charge is 0.222 e. The number of amides is 1. The number of fused-ring (bicyclic) bond motifs is 2. The molecule has 2 unspecified atom stereocenters. The zero-order valence-electron chi connectivity index (χ0n) is 20.8. The summed E-state index contributed by atoms with van der Waals surface area (Å²) in [6, 6.07) is 11.4. The highest BCUT2D eigenvalue weighted by molar-refractivity contribution is 5.85. The van der Waals surface area contributed by atoms with E-state index in [1.54, 1.807) is 0 Å². The Morgan fingerprint density at radius 1 is 1.21 bits per heavy atom. The molecule has 4 rings (SSSR count). The Balaban J connectivity index is 0.00000204. The fraction of sp³-hybridized carbons (Fsp3) is 0.615. The van der Waals surface area contributed by atoms with Gasteiger partial charge in [-0.15, -0.1) is 24.8 Å². The van der Waals surface area contributed by atoms with Crippen molar-refractivity contribution in [3.8, 4) is 0 Å². The molecule has 2 fully saturated rings. The summed E-state index contributed by atoms with van der Waals surface area (Å²) in [4.78, 5) is 17.2. The predicted molar refractivity (Wildman–Crippen MR) is 143 cm³/mol. The van der Waals surface area contributed by atoms with Gasteiger partial charge in [0.1, 0.15) is 0 Å². The summed E-state index contributed by atoms with van der Waals surface area (Å²) in [5.74, 6) is 1.69. The lowest BCUT2D eigenvalue weighted by atomic mass is 9.79. The van der Waals surface area contributed by atoms with Crippen molar-refractivity contribution < 1.29 is 4.79 Å². The van der Waals surface area contributed by atoms with Crippen LogP contribution in [0.3, 0.4) is 0 Å². The minimum Gasteiger partial charge on any atom is -0.341 e. The van der Waals surface area contributed by atoms with Crippen LogP contribution in [0.5, 0.6) is 0 Å². The van der Waals surface area contributed by atoms with Gasteiger partial charge in [-0.05, 0) is 57.1 Å². The summed E-state index contributed by atoms with van der Waals surface area (Å²) in [5.41, 5.74) is 3.71. The molecule has 2 saturated heterocycles. The molecule has 2 aromatic rings. The van der Waals surface area contributed by atoms with E-state index in [0.717, 1.165) is 56.2 Å². The van der Waals surface area contributed by atoms with Crippen molar-refractivity contribution in [1.29, 1.82) is 0 Å². The monoisotopic (exact) mass is 509 g/mol. The molecule has 1 aromatic carbocycles. The summed E-state index contributed by atoms with van der Waals surface area (Å²) in [6.07, 6.45) is 5.89. The first-order chi connectivity index (χ1) is 15.5. The average molecular weight is 511 g/mol. The number of hydrogen-bond donors (Lipinski definition) is 1. The van der Waals surface area contributed by atoms with Gasteiger partial charge in [-0.1, -0.05) is 30.3 Å². The van der Waals surface area contributed by atoms with E-state index in [-0.39, 0.29) is 30.7 Å². The van der Waals surface area contributed by atoms with Gasteiger partial charge < -0.3 is 10.2 Å². The number of aryl methyl sites for hydroxylation is 1. The molecule has 0 spiro atoms. The number of hydrogen-bond acceptors (Lipinski definition) is 4. The SMILES string of the molecule is CCn1ncc(CN(C)C(=O)CCC[C@H]2NCC3CC2CN(Cc2ccccc2)C3)c1C.Cl.Cl. The Bertz CT molecular complexity index is 891. The van der Waals surface area contributed by atoms with Crippen LogP contribution in [0.1, 0.15) is 49.4 Å². The minimum atomic E-state index is 0. The second kappa shape index (κ2) is 13.5. The number of carbonyl (C=O) groups is 1. The Morgan fingerprint density at radius 3 is 2.68 bits per heavy atom. The molecular weight excluding hydrogens is 469 g/mol. The van der Waals surface area contributed by atoms with Crippen molar-refractivity contribution in [2.75, 3.05) is 26.7 Å². The number of aromatic nitrogens is 2. The van der Waals surface area contributed by atoms with Gasteiger partial charge in [0.25, 0.3) is 0 Å². The third-order valence-electron chi connectivity index (χ3n) is 7.38. The van der Waals surface area contributed by atoms with Gasteiger partial charge in [-0.2, -0.15) is 5.10 Å². The second-order valence-corrected chi connectivity index (χ2v) is 9.77. The minimum absolute atomic E-state index is 0. The third kappa shape index (κ3) is 7.20. The Kier molecular flexibility index (Phi) is 11.4. The van der Waals surface area contributed by atoms with Crippen LogP contribution in [0, 0.1) is 18.8 Å². The van der Waals surface area contributed by atoms with E-state index in [0.29, 0.717) is 24.9 Å². The second-order valence-electron chi connectivity index (χ2n) is 9.77. The maximum Gasteiger partial charge on any atom is 0.222 e. The zero-order valence-corrected chi connectivity index (χ0v) is 22.4. The van der Waals surface area contributed by atoms with Crippen molar-refractivity contribution in [1.82, 2.24) is 24.9 Å². The fourth-order valence-electron chi connectivity index (χ4n) is 5.55. The molecule has 34 heavy (non-hydrogen) atoms. The Morgan fingerprint density at radius 2 is 1.97 bits per heavy atom. The van der Waals surface area contributed by atoms with Gasteiger partial charge in [0, 0.05) is 63.5 Å². The number of nitrogens with zero attached hydrogens (tertiary/aromatic N) is 4. The molecular formula is C26H41Cl2N5O. The van der Waals surface area contributed by atoms with E-state index >= 15 is 0 Å². The maximum absolute atomic E-state index is 12.7. The lowest BCUT2D eigenvalue weighted by molar-refractivity contribution is -0.130. The van der Waals surface area contributed by atoms with Gasteiger partial charge in [-0.25, -0.2) is 0 Å². The van der Waals surface area contributed by atoms with E-state index in [1.807, 2.05) is 22.8 Å². The molecule has 3 atom stereocenters. The van der Waals surface area contributed by atoms with Gasteiger partial charge in [0.2, 0.25) is 5.91 Å². The maximum atomic E-state index is 12.7. The van der Waals surface area contributed by atoms with Crippen molar-refractivity contribution in [3.05, 3.63) is 53.3 Å². The molecule has 1 N–H and O–H groups in total. The van der Waals surface area contributed by atoms with Crippen LogP contribution in [-0.2, 0) is 24.4 Å². The number of likely N-dealkylation sites (tertiary alicyclic amines) is 1. The average Bonchev–Trinajstić information content (AvgIpc) is 3.15. The van der Waals surface area contributed by atoms with Crippen LogP contribution in [0.15, 0.2) is 36.5 Å². The predicted octanol–water partition coefficient (Wildman–Crippen LogP) is 4.29. The van der Waals surface area contributed by atoms with Crippen molar-refractivity contribution in [2.45, 2.75) is 65.2 Å². The number of carbonyl (C=O) groups excluding carboxylic acids is 1. The Hall–Kier alpha value is -1.60. The summed E-state index contributed by atoms with van der Waals surface area (Å²) >= 11 is 0. The van der Waals surface area contributed by atoms with Crippen LogP contribution >= 0.6 is 24.8 Å². The molecule has 0 aliphatic carbocycles. The van der Waals surface area contributed by atoms with Gasteiger partial charge in [0.15, 0.2) is 0 Å². The van der Waals surface area contributed by atoms with Crippen LogP contribution in [0.25, 0.3) is 0 Å². The molecule has 2 aliphatic heterocycles. The number of benzene rings is 1. The summed E-state index contributed by atoms with van der Waals surface area (Å²) in [5, 5.41) is 8.20. The first kappa shape index (κ1) is 28.6. The summed E-state index contributed by atoms with van der Waals surface area (Å²) in [7, 11) is 1.91. The standard InChI is InChI=1S/C26H39N5O.2ClH/c1-4-31-20(2)24(15-28-31)18-29(3)26(32)12-8-11-25-23-13-22(14-27-25)17-30(19-23)16-21-9-6-5-7-10-21;;/h5-7,9-10,15,22-23,25,27H,4,8,11-14,16-19H2,1-3H3;2*1H/t22?,23?,25-;;/m1../s1. The van der Waals surface area contributed by atoms with E-state index in [2.05, 4.69) is 59.5 Å². The highest BCUT2D eigenvalue weighted by Crippen LogP contribution is 2.31. The van der Waals surface area contributed by atoms with E-state index in [1.165, 1.54) is 18.5 Å². The topological polar surface area (TPSA) is 53.4 Å². The van der Waals surface area contributed by atoms with Gasteiger partial charge in [-0.3, -0.25) is 14.4 Å². The van der Waals surface area contributed by atoms with Crippen molar-refractivity contribution in [2.24, 2.45) is 11.8 Å². The zero-order chi connectivity index (χ0) is 22.5. The first-order valence-corrected chi connectivity index (χ1v) is 12.3. The van der Waals surface area contributed by atoms with E-state index < -0.39 is 0 Å². The van der Waals surface area contributed by atoms with Gasteiger partial charge in [0.05, 0.1) is 6.20 Å². The molecule has 3 heterocycles. The van der Waals surface area contributed by atoms with Crippen LogP contribution in [0.2, 0.25) is 0 Å². The number of nitrogens with one attached hydrogen (secondary N) is 1. The Labute approximate surface area is 217 Å². The van der Waals surface area contributed by atoms with E-state index in [4.69, 9.17) is 0 Å². The van der Waals surface area contributed by atoms with Crippen molar-refractivity contribution in [3.63, 3.8) is 0 Å². The highest BCUT2D eigenvalue weighted by atomic mass is 35.5. The lowest BCUT2D eigenvalue weighted by Crippen LogP contribution is -2.55. The molecule has 1 amide bonds. The third-order valence-corrected chi connectivity index (χ3v) is 7.38. The molecule has 2 bridgehead atoms. The first-order valence-electron chi connectivity index (χ1n) is 12.3. The van der Waals surface area contributed by atoms with Crippen LogP contribution in [-0.4, -0.2) is 58.2 Å². The number of piperidine rings is 2. The fourth-order valence-corrected chi connectivity index (χ4v) is 5.55. The van der Waals surface area contributed by atoms with Crippen molar-refractivity contribution >= 4 is 30.7 Å². The van der Waals surface area contributed by atoms with Crippen LogP contribution in [0.4, 0.5) is 0 Å². The molecule has 190 valence electrons. The molecule has 8 heteroatoms. The number of rotatable bonds is 9.